The zero-order chi connectivity index (χ0) is 17.3. The summed E-state index contributed by atoms with van der Waals surface area (Å²) in [6, 6.07) is 10.3. The lowest BCUT2D eigenvalue weighted by molar-refractivity contribution is 0.0696. The number of anilines is 1. The van der Waals surface area contributed by atoms with Crippen molar-refractivity contribution in [3.05, 3.63) is 53.2 Å². The number of hydrogen-bond acceptors (Lipinski definition) is 3. The first-order valence-corrected chi connectivity index (χ1v) is 8.53. The molecule has 0 radical (unpaired) electrons. The number of benzene rings is 1. The van der Waals surface area contributed by atoms with Crippen LogP contribution in [0.15, 0.2) is 36.5 Å². The quantitative estimate of drug-likeness (QED) is 0.798. The number of fused-ring (bicyclic) bond motifs is 1. The minimum atomic E-state index is -0.240. The number of pyridine rings is 1. The molecule has 1 aromatic carbocycles. The SMILES string of the molecule is Cc1ccc(NC(=S)N[C@@H]2CC(C)(C)Oc3cc(C)ccc32)nc1. The molecule has 24 heavy (non-hydrogen) atoms. The van der Waals surface area contributed by atoms with Gasteiger partial charge in [-0.15, -0.1) is 0 Å². The van der Waals surface area contributed by atoms with E-state index in [1.807, 2.05) is 25.3 Å². The van der Waals surface area contributed by atoms with Crippen molar-refractivity contribution in [3.8, 4) is 5.75 Å². The van der Waals surface area contributed by atoms with Crippen LogP contribution in [0, 0.1) is 13.8 Å². The highest BCUT2D eigenvalue weighted by molar-refractivity contribution is 7.80. The van der Waals surface area contributed by atoms with E-state index in [1.54, 1.807) is 0 Å². The Morgan fingerprint density at radius 1 is 1.21 bits per heavy atom. The van der Waals surface area contributed by atoms with Gasteiger partial charge in [-0.3, -0.25) is 0 Å². The molecule has 0 amide bonds. The fourth-order valence-corrected chi connectivity index (χ4v) is 3.19. The molecular weight excluding hydrogens is 318 g/mol. The maximum absolute atomic E-state index is 6.13. The maximum atomic E-state index is 6.13. The van der Waals surface area contributed by atoms with Crippen LogP contribution in [-0.4, -0.2) is 15.7 Å². The Hall–Kier alpha value is -2.14. The van der Waals surface area contributed by atoms with E-state index in [9.17, 15) is 0 Å². The Balaban J connectivity index is 1.76. The van der Waals surface area contributed by atoms with E-state index in [2.05, 4.69) is 54.6 Å². The number of aromatic nitrogens is 1. The molecule has 3 rings (SSSR count). The molecule has 1 aromatic heterocycles. The summed E-state index contributed by atoms with van der Waals surface area (Å²) in [5.74, 6) is 1.67. The number of rotatable bonds is 2. The van der Waals surface area contributed by atoms with Crippen molar-refractivity contribution in [1.82, 2.24) is 10.3 Å². The van der Waals surface area contributed by atoms with Gasteiger partial charge in [0.15, 0.2) is 5.11 Å². The van der Waals surface area contributed by atoms with E-state index in [1.165, 1.54) is 5.56 Å². The fourth-order valence-electron chi connectivity index (χ4n) is 2.94. The van der Waals surface area contributed by atoms with Crippen molar-refractivity contribution < 1.29 is 4.74 Å². The lowest BCUT2D eigenvalue weighted by Gasteiger charge is -2.38. The number of aryl methyl sites for hydroxylation is 2. The van der Waals surface area contributed by atoms with Gasteiger partial charge in [-0.1, -0.05) is 18.2 Å². The molecule has 0 unspecified atom stereocenters. The molecule has 0 fully saturated rings. The Morgan fingerprint density at radius 3 is 2.67 bits per heavy atom. The van der Waals surface area contributed by atoms with Gasteiger partial charge in [0, 0.05) is 18.2 Å². The first kappa shape index (κ1) is 16.7. The van der Waals surface area contributed by atoms with Crippen molar-refractivity contribution in [2.24, 2.45) is 0 Å². The summed E-state index contributed by atoms with van der Waals surface area (Å²) in [7, 11) is 0. The predicted octanol–water partition coefficient (Wildman–Crippen LogP) is 4.29. The lowest BCUT2D eigenvalue weighted by Crippen LogP contribution is -2.42. The van der Waals surface area contributed by atoms with Gasteiger partial charge in [0.1, 0.15) is 17.2 Å². The van der Waals surface area contributed by atoms with Crippen molar-refractivity contribution in [2.75, 3.05) is 5.32 Å². The minimum Gasteiger partial charge on any atom is -0.487 e. The largest absolute Gasteiger partial charge is 0.487 e. The van der Waals surface area contributed by atoms with Gasteiger partial charge in [-0.25, -0.2) is 4.98 Å². The monoisotopic (exact) mass is 341 g/mol. The first-order valence-electron chi connectivity index (χ1n) is 8.12. The summed E-state index contributed by atoms with van der Waals surface area (Å²) >= 11 is 5.48. The zero-order valence-corrected chi connectivity index (χ0v) is 15.3. The zero-order valence-electron chi connectivity index (χ0n) is 14.5. The average molecular weight is 341 g/mol. The molecule has 4 nitrogen and oxygen atoms in total. The second-order valence-electron chi connectivity index (χ2n) is 6.98. The lowest BCUT2D eigenvalue weighted by atomic mass is 9.89. The van der Waals surface area contributed by atoms with Crippen LogP contribution >= 0.6 is 12.2 Å². The highest BCUT2D eigenvalue weighted by atomic mass is 32.1. The average Bonchev–Trinajstić information content (AvgIpc) is 2.48. The van der Waals surface area contributed by atoms with Crippen molar-refractivity contribution >= 4 is 23.1 Å². The van der Waals surface area contributed by atoms with Crippen molar-refractivity contribution in [3.63, 3.8) is 0 Å². The van der Waals surface area contributed by atoms with E-state index in [0.29, 0.717) is 5.11 Å². The van der Waals surface area contributed by atoms with Gasteiger partial charge in [-0.2, -0.15) is 0 Å². The van der Waals surface area contributed by atoms with Gasteiger partial charge in [0.25, 0.3) is 0 Å². The molecule has 0 bridgehead atoms. The number of thiocarbonyl (C=S) groups is 1. The Labute approximate surface area is 148 Å². The van der Waals surface area contributed by atoms with Gasteiger partial charge in [0.2, 0.25) is 0 Å². The number of nitrogens with zero attached hydrogens (tertiary/aromatic N) is 1. The summed E-state index contributed by atoms with van der Waals surface area (Å²) in [6.45, 7) is 8.29. The fraction of sp³-hybridized carbons (Fsp3) is 0.368. The minimum absolute atomic E-state index is 0.106. The molecule has 0 saturated carbocycles. The second-order valence-corrected chi connectivity index (χ2v) is 7.39. The number of ether oxygens (including phenoxy) is 1. The number of nitrogens with one attached hydrogen (secondary N) is 2. The molecule has 0 aliphatic carbocycles. The van der Waals surface area contributed by atoms with Gasteiger partial charge in [-0.05, 0) is 63.2 Å². The van der Waals surface area contributed by atoms with Crippen LogP contribution in [0.5, 0.6) is 5.75 Å². The molecular formula is C19H23N3OS. The molecule has 2 heterocycles. The van der Waals surface area contributed by atoms with E-state index in [-0.39, 0.29) is 11.6 Å². The standard InChI is InChI=1S/C19H23N3OS/c1-12-5-7-14-15(10-19(3,4)23-16(14)9-12)21-18(24)22-17-8-6-13(2)11-20-17/h5-9,11,15H,10H2,1-4H3,(H2,20,21,22,24)/t15-/m1/s1. The van der Waals surface area contributed by atoms with E-state index >= 15 is 0 Å². The Kier molecular flexibility index (Phi) is 4.45. The molecule has 1 atom stereocenters. The topological polar surface area (TPSA) is 46.2 Å². The molecule has 126 valence electrons. The second kappa shape index (κ2) is 6.40. The van der Waals surface area contributed by atoms with Crippen molar-refractivity contribution in [2.45, 2.75) is 45.8 Å². The van der Waals surface area contributed by atoms with Crippen LogP contribution in [0.2, 0.25) is 0 Å². The third kappa shape index (κ3) is 3.85. The predicted molar refractivity (Wildman–Crippen MR) is 102 cm³/mol. The summed E-state index contributed by atoms with van der Waals surface area (Å²) in [4.78, 5) is 4.33. The van der Waals surface area contributed by atoms with Gasteiger partial charge >= 0.3 is 0 Å². The summed E-state index contributed by atoms with van der Waals surface area (Å²) in [6.07, 6.45) is 2.66. The van der Waals surface area contributed by atoms with Gasteiger partial charge < -0.3 is 15.4 Å². The molecule has 0 saturated heterocycles. The van der Waals surface area contributed by atoms with Crippen LogP contribution in [-0.2, 0) is 0 Å². The van der Waals surface area contributed by atoms with Crippen LogP contribution in [0.25, 0.3) is 0 Å². The molecule has 5 heteroatoms. The van der Waals surface area contributed by atoms with Crippen LogP contribution in [0.1, 0.15) is 43.0 Å². The smallest absolute Gasteiger partial charge is 0.172 e. The molecule has 2 N–H and O–H groups in total. The molecule has 2 aromatic rings. The van der Waals surface area contributed by atoms with Crippen LogP contribution < -0.4 is 15.4 Å². The van der Waals surface area contributed by atoms with Crippen LogP contribution in [0.3, 0.4) is 0 Å². The van der Waals surface area contributed by atoms with E-state index < -0.39 is 0 Å². The van der Waals surface area contributed by atoms with Gasteiger partial charge in [0.05, 0.1) is 6.04 Å². The van der Waals surface area contributed by atoms with Crippen LogP contribution in [0.4, 0.5) is 5.82 Å². The highest BCUT2D eigenvalue weighted by Gasteiger charge is 2.34. The molecule has 1 aliphatic heterocycles. The maximum Gasteiger partial charge on any atom is 0.172 e. The normalized spacial score (nSPS) is 18.2. The third-order valence-corrected chi connectivity index (χ3v) is 4.30. The van der Waals surface area contributed by atoms with Crippen molar-refractivity contribution in [1.29, 1.82) is 0 Å². The highest BCUT2D eigenvalue weighted by Crippen LogP contribution is 2.39. The first-order chi connectivity index (χ1) is 11.3. The molecule has 0 spiro atoms. The van der Waals surface area contributed by atoms with E-state index in [4.69, 9.17) is 17.0 Å². The summed E-state index contributed by atoms with van der Waals surface area (Å²) in [5, 5.41) is 7.14. The number of hydrogen-bond donors (Lipinski definition) is 2. The summed E-state index contributed by atoms with van der Waals surface area (Å²) < 4.78 is 6.13. The third-order valence-electron chi connectivity index (χ3n) is 4.08. The Morgan fingerprint density at radius 2 is 1.96 bits per heavy atom. The molecule has 1 aliphatic rings. The van der Waals surface area contributed by atoms with E-state index in [0.717, 1.165) is 29.1 Å². The Bertz CT molecular complexity index is 756. The summed E-state index contributed by atoms with van der Waals surface area (Å²) in [5.41, 5.74) is 3.21.